The molecule has 146 valence electrons. The summed E-state index contributed by atoms with van der Waals surface area (Å²) in [5.41, 5.74) is 0.0845. The fourth-order valence-corrected chi connectivity index (χ4v) is 3.70. The van der Waals surface area contributed by atoms with Gasteiger partial charge in [0.1, 0.15) is 0 Å². The van der Waals surface area contributed by atoms with Gasteiger partial charge in [0.25, 0.3) is 6.47 Å². The number of ether oxygens (including phenoxy) is 2. The van der Waals surface area contributed by atoms with Crippen molar-refractivity contribution in [3.63, 3.8) is 0 Å². The van der Waals surface area contributed by atoms with E-state index < -0.39 is 0 Å². The maximum Gasteiger partial charge on any atom is 0.293 e. The maximum atomic E-state index is 12.2. The van der Waals surface area contributed by atoms with E-state index in [0.717, 1.165) is 37.8 Å². The van der Waals surface area contributed by atoms with E-state index in [1.54, 1.807) is 6.92 Å². The molecule has 3 fully saturated rings. The van der Waals surface area contributed by atoms with E-state index in [1.807, 2.05) is 20.8 Å². The monoisotopic (exact) mass is 355 g/mol. The van der Waals surface area contributed by atoms with Gasteiger partial charge in [-0.25, -0.2) is 0 Å². The van der Waals surface area contributed by atoms with Crippen LogP contribution in [0.4, 0.5) is 0 Å². The molecule has 0 bridgehead atoms. The Kier molecular flexibility index (Phi) is 9.47. The Labute approximate surface area is 153 Å². The highest BCUT2D eigenvalue weighted by Gasteiger charge is 2.41. The predicted octanol–water partition coefficient (Wildman–Crippen LogP) is 3.80. The highest BCUT2D eigenvalue weighted by atomic mass is 16.5. The van der Waals surface area contributed by atoms with Gasteiger partial charge in [0.2, 0.25) is 5.91 Å². The standard InChI is InChI=1S/C15H25NO2.C3H6O2.C2H6/c1-11(18-15(2)6-7-15)8-14(17)16-9-12-4-3-5-13(12)10-16;1-2-5-3-4;1-2/h11-13H,3-10H2,1-2H3;3H,2H2,1H3;1-2H3/t11-,12?,13?;;/m1../s1. The minimum Gasteiger partial charge on any atom is -0.468 e. The third-order valence-corrected chi connectivity index (χ3v) is 5.22. The lowest BCUT2D eigenvalue weighted by atomic mass is 10.0. The van der Waals surface area contributed by atoms with Crippen molar-refractivity contribution in [2.75, 3.05) is 19.7 Å². The number of nitrogens with zero attached hydrogens (tertiary/aromatic N) is 1. The molecule has 0 aromatic carbocycles. The average Bonchev–Trinajstić information content (AvgIpc) is 2.99. The lowest BCUT2D eigenvalue weighted by molar-refractivity contribution is -0.134. The van der Waals surface area contributed by atoms with Gasteiger partial charge in [-0.15, -0.1) is 0 Å². The molecule has 0 radical (unpaired) electrons. The summed E-state index contributed by atoms with van der Waals surface area (Å²) < 4.78 is 10.1. The Bertz CT molecular complexity index is 397. The predicted molar refractivity (Wildman–Crippen MR) is 99.3 cm³/mol. The van der Waals surface area contributed by atoms with Crippen LogP contribution in [0.3, 0.4) is 0 Å². The second-order valence-corrected chi connectivity index (χ2v) is 7.38. The number of rotatable bonds is 6. The molecule has 3 aliphatic rings. The van der Waals surface area contributed by atoms with Gasteiger partial charge in [-0.05, 0) is 58.3 Å². The quantitative estimate of drug-likeness (QED) is 0.680. The molecule has 1 amide bonds. The molecule has 2 unspecified atom stereocenters. The van der Waals surface area contributed by atoms with Crippen molar-refractivity contribution < 1.29 is 19.1 Å². The smallest absolute Gasteiger partial charge is 0.293 e. The highest BCUT2D eigenvalue weighted by Crippen LogP contribution is 2.41. The fraction of sp³-hybridized carbons (Fsp3) is 0.900. The Morgan fingerprint density at radius 3 is 2.20 bits per heavy atom. The second kappa shape index (κ2) is 10.8. The van der Waals surface area contributed by atoms with Crippen LogP contribution in [0.25, 0.3) is 0 Å². The van der Waals surface area contributed by atoms with E-state index >= 15 is 0 Å². The molecular weight excluding hydrogens is 318 g/mol. The Balaban J connectivity index is 0.000000388. The molecule has 25 heavy (non-hydrogen) atoms. The molecule has 1 heterocycles. The van der Waals surface area contributed by atoms with Crippen molar-refractivity contribution >= 4 is 12.4 Å². The number of likely N-dealkylation sites (tertiary alicyclic amines) is 1. The van der Waals surface area contributed by atoms with E-state index in [1.165, 1.54) is 19.3 Å². The summed E-state index contributed by atoms with van der Waals surface area (Å²) >= 11 is 0. The summed E-state index contributed by atoms with van der Waals surface area (Å²) in [5, 5.41) is 0. The van der Waals surface area contributed by atoms with Gasteiger partial charge >= 0.3 is 0 Å². The van der Waals surface area contributed by atoms with E-state index in [-0.39, 0.29) is 11.7 Å². The number of carbonyl (C=O) groups is 2. The summed E-state index contributed by atoms with van der Waals surface area (Å²) in [4.78, 5) is 23.5. The third kappa shape index (κ3) is 7.35. The zero-order valence-corrected chi connectivity index (χ0v) is 16.8. The summed E-state index contributed by atoms with van der Waals surface area (Å²) in [6.45, 7) is 12.9. The van der Waals surface area contributed by atoms with Crippen LogP contribution < -0.4 is 0 Å². The van der Waals surface area contributed by atoms with E-state index in [9.17, 15) is 9.59 Å². The molecule has 2 saturated carbocycles. The highest BCUT2D eigenvalue weighted by molar-refractivity contribution is 5.77. The second-order valence-electron chi connectivity index (χ2n) is 7.38. The minimum absolute atomic E-state index is 0.0745. The maximum absolute atomic E-state index is 12.2. The topological polar surface area (TPSA) is 55.8 Å². The summed E-state index contributed by atoms with van der Waals surface area (Å²) in [6, 6.07) is 0. The van der Waals surface area contributed by atoms with Gasteiger partial charge in [-0.2, -0.15) is 0 Å². The third-order valence-electron chi connectivity index (χ3n) is 5.22. The van der Waals surface area contributed by atoms with Gasteiger partial charge in [-0.1, -0.05) is 20.3 Å². The molecule has 3 atom stereocenters. The average molecular weight is 356 g/mol. The summed E-state index contributed by atoms with van der Waals surface area (Å²) in [7, 11) is 0. The molecule has 3 rings (SSSR count). The van der Waals surface area contributed by atoms with Gasteiger partial charge in [0.15, 0.2) is 0 Å². The Hall–Kier alpha value is -1.10. The van der Waals surface area contributed by atoms with Crippen molar-refractivity contribution in [2.24, 2.45) is 11.8 Å². The Morgan fingerprint density at radius 2 is 1.80 bits per heavy atom. The van der Waals surface area contributed by atoms with Crippen LogP contribution >= 0.6 is 0 Å². The SMILES string of the molecule is CC.CCOC=O.C[C@H](CC(=O)N1CC2CCCC2C1)OC1(C)CC1. The van der Waals surface area contributed by atoms with Gasteiger partial charge in [-0.3, -0.25) is 9.59 Å². The largest absolute Gasteiger partial charge is 0.468 e. The van der Waals surface area contributed by atoms with E-state index in [4.69, 9.17) is 4.74 Å². The van der Waals surface area contributed by atoms with Gasteiger partial charge in [0, 0.05) is 13.1 Å². The normalized spacial score (nSPS) is 26.4. The Morgan fingerprint density at radius 1 is 1.24 bits per heavy atom. The van der Waals surface area contributed by atoms with Crippen molar-refractivity contribution in [1.29, 1.82) is 0 Å². The number of carbonyl (C=O) groups excluding carboxylic acids is 2. The molecule has 0 N–H and O–H groups in total. The van der Waals surface area contributed by atoms with Crippen molar-refractivity contribution in [1.82, 2.24) is 4.90 Å². The van der Waals surface area contributed by atoms with E-state index in [0.29, 0.717) is 25.4 Å². The molecule has 0 aromatic heterocycles. The minimum atomic E-state index is 0.0745. The molecule has 0 aromatic rings. The van der Waals surface area contributed by atoms with Crippen LogP contribution in [-0.2, 0) is 19.1 Å². The number of fused-ring (bicyclic) bond motifs is 1. The van der Waals surface area contributed by atoms with Crippen LogP contribution in [0.2, 0.25) is 0 Å². The van der Waals surface area contributed by atoms with Crippen molar-refractivity contribution in [2.45, 2.75) is 84.8 Å². The number of hydrogen-bond donors (Lipinski definition) is 0. The van der Waals surface area contributed by atoms with Gasteiger partial charge < -0.3 is 14.4 Å². The molecule has 5 heteroatoms. The van der Waals surface area contributed by atoms with Crippen molar-refractivity contribution in [3.05, 3.63) is 0 Å². The van der Waals surface area contributed by atoms with Crippen LogP contribution in [0.15, 0.2) is 0 Å². The van der Waals surface area contributed by atoms with Crippen LogP contribution in [0.1, 0.15) is 73.1 Å². The molecule has 5 nitrogen and oxygen atoms in total. The van der Waals surface area contributed by atoms with Gasteiger partial charge in [0.05, 0.1) is 24.7 Å². The summed E-state index contributed by atoms with van der Waals surface area (Å²) in [5.74, 6) is 1.90. The first-order valence-corrected chi connectivity index (χ1v) is 9.98. The van der Waals surface area contributed by atoms with E-state index in [2.05, 4.69) is 16.6 Å². The number of amides is 1. The molecule has 1 saturated heterocycles. The van der Waals surface area contributed by atoms with Crippen LogP contribution in [0.5, 0.6) is 0 Å². The van der Waals surface area contributed by atoms with Crippen LogP contribution in [-0.4, -0.2) is 48.7 Å². The first-order chi connectivity index (χ1) is 12.0. The molecule has 2 aliphatic carbocycles. The lowest BCUT2D eigenvalue weighted by Gasteiger charge is -2.22. The van der Waals surface area contributed by atoms with Crippen molar-refractivity contribution in [3.8, 4) is 0 Å². The molecule has 0 spiro atoms. The zero-order valence-electron chi connectivity index (χ0n) is 16.8. The summed E-state index contributed by atoms with van der Waals surface area (Å²) in [6.07, 6.45) is 6.98. The lowest BCUT2D eigenvalue weighted by Crippen LogP contribution is -2.33. The molecule has 1 aliphatic heterocycles. The molecular formula is C20H37NO4. The number of hydrogen-bond acceptors (Lipinski definition) is 4. The first-order valence-electron chi connectivity index (χ1n) is 9.98. The first kappa shape index (κ1) is 21.9. The van der Waals surface area contributed by atoms with Crippen LogP contribution in [0, 0.1) is 11.8 Å². The zero-order chi connectivity index (χ0) is 18.9. The fourth-order valence-electron chi connectivity index (χ4n) is 3.70.